The van der Waals surface area contributed by atoms with Crippen LogP contribution in [0.25, 0.3) is 0 Å². The van der Waals surface area contributed by atoms with Crippen LogP contribution in [0.5, 0.6) is 0 Å². The number of rotatable bonds is 5. The van der Waals surface area contributed by atoms with Crippen molar-refractivity contribution in [1.82, 2.24) is 0 Å². The first-order valence-corrected chi connectivity index (χ1v) is 6.65. The largest absolute Gasteiger partial charge is 0.481 e. The molecule has 3 atom stereocenters. The standard InChI is InChI=1S/C11H20O3S/c1-8-3-4-9(11(13)14)10(7-8)15-6-2-5-12/h8-10,12H,2-7H2,1H3,(H,13,14). The van der Waals surface area contributed by atoms with E-state index in [2.05, 4.69) is 6.92 Å². The Hall–Kier alpha value is -0.220. The van der Waals surface area contributed by atoms with Crippen molar-refractivity contribution >= 4 is 17.7 Å². The normalized spacial score (nSPS) is 31.5. The summed E-state index contributed by atoms with van der Waals surface area (Å²) in [5, 5.41) is 18.0. The summed E-state index contributed by atoms with van der Waals surface area (Å²) in [7, 11) is 0. The van der Waals surface area contributed by atoms with Crippen molar-refractivity contribution in [3.8, 4) is 0 Å². The Labute approximate surface area is 95.3 Å². The molecular formula is C11H20O3S. The first-order valence-electron chi connectivity index (χ1n) is 5.60. The van der Waals surface area contributed by atoms with Crippen molar-refractivity contribution in [2.75, 3.05) is 12.4 Å². The van der Waals surface area contributed by atoms with E-state index in [1.165, 1.54) is 0 Å². The zero-order chi connectivity index (χ0) is 11.3. The average Bonchev–Trinajstić information content (AvgIpc) is 2.18. The quantitative estimate of drug-likeness (QED) is 0.712. The summed E-state index contributed by atoms with van der Waals surface area (Å²) >= 11 is 1.72. The second kappa shape index (κ2) is 6.38. The van der Waals surface area contributed by atoms with Crippen molar-refractivity contribution in [3.05, 3.63) is 0 Å². The van der Waals surface area contributed by atoms with Crippen LogP contribution in [0.1, 0.15) is 32.6 Å². The van der Waals surface area contributed by atoms with Gasteiger partial charge in [0, 0.05) is 11.9 Å². The minimum absolute atomic E-state index is 0.176. The predicted octanol–water partition coefficient (Wildman–Crippen LogP) is 1.99. The molecule has 1 aliphatic rings. The van der Waals surface area contributed by atoms with E-state index in [-0.39, 0.29) is 17.8 Å². The van der Waals surface area contributed by atoms with Crippen LogP contribution in [-0.4, -0.2) is 33.8 Å². The van der Waals surface area contributed by atoms with Crippen molar-refractivity contribution in [2.24, 2.45) is 11.8 Å². The van der Waals surface area contributed by atoms with Crippen LogP contribution in [-0.2, 0) is 4.79 Å². The van der Waals surface area contributed by atoms with E-state index >= 15 is 0 Å². The lowest BCUT2D eigenvalue weighted by molar-refractivity contribution is -0.142. The van der Waals surface area contributed by atoms with Gasteiger partial charge in [-0.3, -0.25) is 4.79 Å². The molecule has 2 N–H and O–H groups in total. The minimum Gasteiger partial charge on any atom is -0.481 e. The number of aliphatic carboxylic acids is 1. The molecule has 0 bridgehead atoms. The number of thioether (sulfide) groups is 1. The van der Waals surface area contributed by atoms with Crippen molar-refractivity contribution in [3.63, 3.8) is 0 Å². The molecule has 0 aliphatic heterocycles. The Morgan fingerprint density at radius 3 is 2.80 bits per heavy atom. The second-order valence-corrected chi connectivity index (χ2v) is 5.70. The van der Waals surface area contributed by atoms with Gasteiger partial charge in [0.15, 0.2) is 0 Å². The van der Waals surface area contributed by atoms with E-state index in [4.69, 9.17) is 10.2 Å². The molecule has 0 aromatic rings. The zero-order valence-electron chi connectivity index (χ0n) is 9.19. The van der Waals surface area contributed by atoms with Gasteiger partial charge in [0.2, 0.25) is 0 Å². The van der Waals surface area contributed by atoms with Crippen LogP contribution in [0.3, 0.4) is 0 Å². The summed E-state index contributed by atoms with van der Waals surface area (Å²) < 4.78 is 0. The van der Waals surface area contributed by atoms with Crippen LogP contribution >= 0.6 is 11.8 Å². The van der Waals surface area contributed by atoms with E-state index < -0.39 is 5.97 Å². The molecule has 15 heavy (non-hydrogen) atoms. The molecule has 0 saturated heterocycles. The molecule has 88 valence electrons. The summed E-state index contributed by atoms with van der Waals surface area (Å²) in [6.45, 7) is 2.39. The Kier molecular flexibility index (Phi) is 5.47. The van der Waals surface area contributed by atoms with Gasteiger partial charge in [0.05, 0.1) is 5.92 Å². The molecule has 1 aliphatic carbocycles. The molecule has 0 aromatic heterocycles. The van der Waals surface area contributed by atoms with Gasteiger partial charge in [-0.15, -0.1) is 0 Å². The highest BCUT2D eigenvalue weighted by Gasteiger charge is 2.33. The maximum Gasteiger partial charge on any atom is 0.307 e. The molecule has 1 rings (SSSR count). The van der Waals surface area contributed by atoms with Gasteiger partial charge >= 0.3 is 5.97 Å². The van der Waals surface area contributed by atoms with Crippen LogP contribution in [0.4, 0.5) is 0 Å². The zero-order valence-corrected chi connectivity index (χ0v) is 10.0. The summed E-state index contributed by atoms with van der Waals surface area (Å²) in [4.78, 5) is 11.0. The molecule has 0 spiro atoms. The van der Waals surface area contributed by atoms with Gasteiger partial charge in [-0.2, -0.15) is 11.8 Å². The third-order valence-electron chi connectivity index (χ3n) is 3.01. The van der Waals surface area contributed by atoms with Crippen molar-refractivity contribution < 1.29 is 15.0 Å². The van der Waals surface area contributed by atoms with E-state index in [1.54, 1.807) is 11.8 Å². The summed E-state index contributed by atoms with van der Waals surface area (Å²) in [5.41, 5.74) is 0. The van der Waals surface area contributed by atoms with Crippen molar-refractivity contribution in [2.45, 2.75) is 37.9 Å². The van der Waals surface area contributed by atoms with Gasteiger partial charge in [0.1, 0.15) is 0 Å². The first kappa shape index (κ1) is 12.8. The Morgan fingerprint density at radius 1 is 1.47 bits per heavy atom. The molecule has 0 amide bonds. The number of carboxylic acid groups (broad SMARTS) is 1. The second-order valence-electron chi connectivity index (χ2n) is 4.35. The average molecular weight is 232 g/mol. The van der Waals surface area contributed by atoms with Crippen LogP contribution in [0.2, 0.25) is 0 Å². The highest BCUT2D eigenvalue weighted by molar-refractivity contribution is 7.99. The number of carbonyl (C=O) groups is 1. The Bertz CT molecular complexity index is 208. The Morgan fingerprint density at radius 2 is 2.20 bits per heavy atom. The third kappa shape index (κ3) is 4.03. The monoisotopic (exact) mass is 232 g/mol. The molecule has 1 saturated carbocycles. The van der Waals surface area contributed by atoms with Gasteiger partial charge in [-0.05, 0) is 37.4 Å². The fourth-order valence-electron chi connectivity index (χ4n) is 2.09. The summed E-state index contributed by atoms with van der Waals surface area (Å²) in [6.07, 6.45) is 3.62. The highest BCUT2D eigenvalue weighted by Crippen LogP contribution is 2.36. The van der Waals surface area contributed by atoms with E-state index in [0.717, 1.165) is 31.4 Å². The summed E-state index contributed by atoms with van der Waals surface area (Å²) in [6, 6.07) is 0. The Balaban J connectivity index is 2.43. The van der Waals surface area contributed by atoms with E-state index in [1.807, 2.05) is 0 Å². The molecule has 0 aromatic carbocycles. The molecule has 0 heterocycles. The topological polar surface area (TPSA) is 57.5 Å². The SMILES string of the molecule is CC1CCC(C(=O)O)C(SCCCO)C1. The van der Waals surface area contributed by atoms with Gasteiger partial charge in [-0.25, -0.2) is 0 Å². The van der Waals surface area contributed by atoms with E-state index in [9.17, 15) is 4.79 Å². The van der Waals surface area contributed by atoms with Crippen LogP contribution < -0.4 is 0 Å². The third-order valence-corrected chi connectivity index (χ3v) is 4.48. The van der Waals surface area contributed by atoms with Gasteiger partial charge in [0.25, 0.3) is 0 Å². The molecule has 4 heteroatoms. The highest BCUT2D eigenvalue weighted by atomic mass is 32.2. The molecule has 1 fully saturated rings. The number of hydrogen-bond donors (Lipinski definition) is 2. The summed E-state index contributed by atoms with van der Waals surface area (Å²) in [5.74, 6) is 0.693. The number of carboxylic acids is 1. The van der Waals surface area contributed by atoms with Gasteiger partial charge < -0.3 is 10.2 Å². The molecule has 3 nitrogen and oxygen atoms in total. The lowest BCUT2D eigenvalue weighted by Gasteiger charge is -2.31. The lowest BCUT2D eigenvalue weighted by atomic mass is 9.82. The minimum atomic E-state index is -0.650. The van der Waals surface area contributed by atoms with Crippen molar-refractivity contribution in [1.29, 1.82) is 0 Å². The van der Waals surface area contributed by atoms with Crippen LogP contribution in [0, 0.1) is 11.8 Å². The first-order chi connectivity index (χ1) is 7.15. The fraction of sp³-hybridized carbons (Fsp3) is 0.909. The predicted molar refractivity (Wildman–Crippen MR) is 62.1 cm³/mol. The maximum atomic E-state index is 11.0. The fourth-order valence-corrected chi connectivity index (χ4v) is 3.64. The number of aliphatic hydroxyl groups is 1. The molecular weight excluding hydrogens is 212 g/mol. The lowest BCUT2D eigenvalue weighted by Crippen LogP contribution is -2.32. The van der Waals surface area contributed by atoms with E-state index in [0.29, 0.717) is 5.92 Å². The number of aliphatic hydroxyl groups excluding tert-OH is 1. The molecule has 0 radical (unpaired) electrons. The number of hydrogen-bond acceptors (Lipinski definition) is 3. The van der Waals surface area contributed by atoms with Gasteiger partial charge in [-0.1, -0.05) is 6.92 Å². The maximum absolute atomic E-state index is 11.0. The van der Waals surface area contributed by atoms with Crippen LogP contribution in [0.15, 0.2) is 0 Å². The smallest absolute Gasteiger partial charge is 0.307 e. The molecule has 3 unspecified atom stereocenters.